The highest BCUT2D eigenvalue weighted by Crippen LogP contribution is 2.25. The maximum Gasteiger partial charge on any atom is 0.143 e. The molecule has 1 unspecified atom stereocenters. The van der Waals surface area contributed by atoms with Crippen molar-refractivity contribution in [1.82, 2.24) is 5.32 Å². The van der Waals surface area contributed by atoms with Crippen LogP contribution in [0.1, 0.15) is 20.3 Å². The zero-order valence-electron chi connectivity index (χ0n) is 10.3. The zero-order chi connectivity index (χ0) is 12.5. The lowest BCUT2D eigenvalue weighted by atomic mass is 9.95. The summed E-state index contributed by atoms with van der Waals surface area (Å²) in [6.45, 7) is 7.08. The van der Waals surface area contributed by atoms with Crippen LogP contribution in [-0.4, -0.2) is 25.2 Å². The molecule has 1 aliphatic rings. The summed E-state index contributed by atoms with van der Waals surface area (Å²) in [6.07, 6.45) is 1.06. The van der Waals surface area contributed by atoms with Gasteiger partial charge in [-0.3, -0.25) is 0 Å². The Balaban J connectivity index is 2.19. The second-order valence-corrected chi connectivity index (χ2v) is 5.27. The molecule has 0 saturated carbocycles. The van der Waals surface area contributed by atoms with Gasteiger partial charge in [0, 0.05) is 30.9 Å². The van der Waals surface area contributed by atoms with Crippen LogP contribution < -0.4 is 10.2 Å². The molecule has 1 fully saturated rings. The van der Waals surface area contributed by atoms with Crippen molar-refractivity contribution in [3.05, 3.63) is 29.0 Å². The first-order chi connectivity index (χ1) is 8.04. The molecule has 0 aromatic heterocycles. The van der Waals surface area contributed by atoms with Gasteiger partial charge in [0.15, 0.2) is 0 Å². The molecule has 1 aliphatic heterocycles. The number of rotatable bonds is 2. The first kappa shape index (κ1) is 12.7. The molecule has 0 radical (unpaired) electrons. The van der Waals surface area contributed by atoms with Gasteiger partial charge in [0.25, 0.3) is 0 Å². The normalized spacial score (nSPS) is 25.1. The second kappa shape index (κ2) is 4.83. The second-order valence-electron chi connectivity index (χ2n) is 4.86. The molecule has 1 saturated heterocycles. The Bertz CT molecular complexity index is 410. The molecule has 17 heavy (non-hydrogen) atoms. The highest BCUT2D eigenvalue weighted by molar-refractivity contribution is 6.30. The summed E-state index contributed by atoms with van der Waals surface area (Å²) in [6, 6.07) is 5.02. The Morgan fingerprint density at radius 2 is 2.29 bits per heavy atom. The van der Waals surface area contributed by atoms with Gasteiger partial charge in [-0.05, 0) is 31.5 Å². The van der Waals surface area contributed by atoms with Crippen molar-refractivity contribution >= 4 is 17.3 Å². The van der Waals surface area contributed by atoms with Crippen molar-refractivity contribution in [3.63, 3.8) is 0 Å². The SMILES string of the molecule is CCC1(C)CN(c2ccc(Cl)c(F)c2)CCN1. The van der Waals surface area contributed by atoms with Crippen LogP contribution in [0.4, 0.5) is 10.1 Å². The van der Waals surface area contributed by atoms with Gasteiger partial charge in [-0.25, -0.2) is 4.39 Å². The van der Waals surface area contributed by atoms with Crippen molar-refractivity contribution in [2.24, 2.45) is 0 Å². The maximum absolute atomic E-state index is 13.4. The van der Waals surface area contributed by atoms with E-state index in [1.54, 1.807) is 6.07 Å². The number of piperazine rings is 1. The number of halogens is 2. The molecule has 94 valence electrons. The molecule has 1 N–H and O–H groups in total. The molecule has 1 aromatic carbocycles. The smallest absolute Gasteiger partial charge is 0.143 e. The molecule has 2 nitrogen and oxygen atoms in total. The first-order valence-corrected chi connectivity index (χ1v) is 6.37. The van der Waals surface area contributed by atoms with Gasteiger partial charge in [0.2, 0.25) is 0 Å². The van der Waals surface area contributed by atoms with E-state index in [9.17, 15) is 4.39 Å². The largest absolute Gasteiger partial charge is 0.368 e. The number of nitrogens with one attached hydrogen (secondary N) is 1. The highest BCUT2D eigenvalue weighted by atomic mass is 35.5. The van der Waals surface area contributed by atoms with E-state index in [2.05, 4.69) is 24.1 Å². The average molecular weight is 257 g/mol. The molecule has 0 spiro atoms. The Morgan fingerprint density at radius 3 is 2.94 bits per heavy atom. The average Bonchev–Trinajstić information content (AvgIpc) is 2.33. The van der Waals surface area contributed by atoms with E-state index in [4.69, 9.17) is 11.6 Å². The minimum absolute atomic E-state index is 0.106. The highest BCUT2D eigenvalue weighted by Gasteiger charge is 2.28. The number of hydrogen-bond donors (Lipinski definition) is 1. The van der Waals surface area contributed by atoms with E-state index >= 15 is 0 Å². The van der Waals surface area contributed by atoms with E-state index < -0.39 is 0 Å². The molecular weight excluding hydrogens is 239 g/mol. The molecule has 0 aliphatic carbocycles. The van der Waals surface area contributed by atoms with Crippen molar-refractivity contribution in [3.8, 4) is 0 Å². The van der Waals surface area contributed by atoms with Crippen LogP contribution in [0.25, 0.3) is 0 Å². The van der Waals surface area contributed by atoms with Crippen LogP contribution >= 0.6 is 11.6 Å². The summed E-state index contributed by atoms with van der Waals surface area (Å²) >= 11 is 5.70. The van der Waals surface area contributed by atoms with Gasteiger partial charge in [-0.2, -0.15) is 0 Å². The Kier molecular flexibility index (Phi) is 3.59. The fourth-order valence-corrected chi connectivity index (χ4v) is 2.31. The topological polar surface area (TPSA) is 15.3 Å². The molecule has 1 aromatic rings. The first-order valence-electron chi connectivity index (χ1n) is 5.99. The monoisotopic (exact) mass is 256 g/mol. The summed E-state index contributed by atoms with van der Waals surface area (Å²) in [5.41, 5.74) is 1.02. The predicted molar refractivity (Wildman–Crippen MR) is 70.3 cm³/mol. The van der Waals surface area contributed by atoms with Crippen LogP contribution in [0.3, 0.4) is 0 Å². The molecule has 1 heterocycles. The van der Waals surface area contributed by atoms with Gasteiger partial charge < -0.3 is 10.2 Å². The van der Waals surface area contributed by atoms with E-state index in [1.165, 1.54) is 6.07 Å². The Hall–Kier alpha value is -0.800. The summed E-state index contributed by atoms with van der Waals surface area (Å²) in [7, 11) is 0. The third-order valence-electron chi connectivity index (χ3n) is 3.52. The molecule has 0 amide bonds. The van der Waals surface area contributed by atoms with Crippen LogP contribution in [0.2, 0.25) is 5.02 Å². The van der Waals surface area contributed by atoms with Crippen molar-refractivity contribution < 1.29 is 4.39 Å². The number of anilines is 1. The van der Waals surface area contributed by atoms with Crippen molar-refractivity contribution in [1.29, 1.82) is 0 Å². The van der Waals surface area contributed by atoms with Crippen LogP contribution in [0.15, 0.2) is 18.2 Å². The van der Waals surface area contributed by atoms with E-state index in [0.29, 0.717) is 0 Å². The maximum atomic E-state index is 13.4. The van der Waals surface area contributed by atoms with Gasteiger partial charge in [-0.15, -0.1) is 0 Å². The number of nitrogens with zero attached hydrogens (tertiary/aromatic N) is 1. The van der Waals surface area contributed by atoms with Gasteiger partial charge in [-0.1, -0.05) is 18.5 Å². The van der Waals surface area contributed by atoms with Crippen molar-refractivity contribution in [2.45, 2.75) is 25.8 Å². The van der Waals surface area contributed by atoms with E-state index in [1.807, 2.05) is 6.07 Å². The molecule has 2 rings (SSSR count). The zero-order valence-corrected chi connectivity index (χ0v) is 11.0. The lowest BCUT2D eigenvalue weighted by Gasteiger charge is -2.42. The summed E-state index contributed by atoms with van der Waals surface area (Å²) < 4.78 is 13.4. The minimum atomic E-state index is -0.346. The Morgan fingerprint density at radius 1 is 1.53 bits per heavy atom. The standard InChI is InChI=1S/C13H18ClFN2/c1-3-13(2)9-17(7-6-16-13)10-4-5-11(14)12(15)8-10/h4-5,8,16H,3,6-7,9H2,1-2H3. The van der Waals surface area contributed by atoms with E-state index in [-0.39, 0.29) is 16.4 Å². The van der Waals surface area contributed by atoms with E-state index in [0.717, 1.165) is 31.7 Å². The fourth-order valence-electron chi connectivity index (χ4n) is 2.19. The molecular formula is C13H18ClFN2. The van der Waals surface area contributed by atoms with Gasteiger partial charge >= 0.3 is 0 Å². The fraction of sp³-hybridized carbons (Fsp3) is 0.538. The lowest BCUT2D eigenvalue weighted by molar-refractivity contribution is 0.314. The van der Waals surface area contributed by atoms with Crippen LogP contribution in [-0.2, 0) is 0 Å². The summed E-state index contributed by atoms with van der Waals surface area (Å²) in [5, 5.41) is 3.69. The lowest BCUT2D eigenvalue weighted by Crippen LogP contribution is -2.58. The third kappa shape index (κ3) is 2.72. The Labute approximate surface area is 107 Å². The van der Waals surface area contributed by atoms with Gasteiger partial charge in [0.05, 0.1) is 5.02 Å². The number of benzene rings is 1. The predicted octanol–water partition coefficient (Wildman–Crippen LogP) is 3.06. The molecule has 4 heteroatoms. The molecule has 0 bridgehead atoms. The number of hydrogen-bond acceptors (Lipinski definition) is 2. The quantitative estimate of drug-likeness (QED) is 0.875. The van der Waals surface area contributed by atoms with Crippen LogP contribution in [0.5, 0.6) is 0 Å². The van der Waals surface area contributed by atoms with Gasteiger partial charge in [0.1, 0.15) is 5.82 Å². The van der Waals surface area contributed by atoms with Crippen molar-refractivity contribution in [2.75, 3.05) is 24.5 Å². The van der Waals surface area contributed by atoms with Crippen LogP contribution in [0, 0.1) is 5.82 Å². The summed E-state index contributed by atoms with van der Waals surface area (Å²) in [4.78, 5) is 2.21. The molecule has 1 atom stereocenters. The summed E-state index contributed by atoms with van der Waals surface area (Å²) in [5.74, 6) is -0.346. The minimum Gasteiger partial charge on any atom is -0.368 e. The third-order valence-corrected chi connectivity index (χ3v) is 3.83.